The van der Waals surface area contributed by atoms with Crippen molar-refractivity contribution in [3.63, 3.8) is 0 Å². The molecular formula is C33H67NaO8S. The summed E-state index contributed by atoms with van der Waals surface area (Å²) >= 11 is 0. The Labute approximate surface area is 288 Å². The standard InChI is InChI=1S/C21H42O4.C12H26O4S.Na/c1-2-3-4-5-6-7-8-9-10-11-12-13-14-15-16-17-21(24)25-19-20(23)18-22;1-2-3-4-5-6-7-8-9-10-11-12-16-17(13,14)15;/h20,22-23H,2-19H2,1H3;2-12H2,1H3,(H,13,14,15);/q;;+1/p-1. The van der Waals surface area contributed by atoms with Crippen LogP contribution in [0.4, 0.5) is 0 Å². The van der Waals surface area contributed by atoms with Crippen molar-refractivity contribution in [2.45, 2.75) is 187 Å². The minimum absolute atomic E-state index is 0. The van der Waals surface area contributed by atoms with Gasteiger partial charge < -0.3 is 19.5 Å². The molecule has 254 valence electrons. The average Bonchev–Trinajstić information content (AvgIpc) is 2.96. The van der Waals surface area contributed by atoms with Crippen LogP contribution in [0.3, 0.4) is 0 Å². The van der Waals surface area contributed by atoms with Crippen LogP contribution < -0.4 is 29.6 Å². The Morgan fingerprint density at radius 3 is 1.28 bits per heavy atom. The summed E-state index contributed by atoms with van der Waals surface area (Å²) in [5, 5.41) is 17.7. The van der Waals surface area contributed by atoms with Crippen LogP contribution in [0.15, 0.2) is 0 Å². The van der Waals surface area contributed by atoms with Crippen molar-refractivity contribution in [1.82, 2.24) is 0 Å². The first-order chi connectivity index (χ1) is 20.3. The van der Waals surface area contributed by atoms with Crippen LogP contribution in [0.5, 0.6) is 0 Å². The summed E-state index contributed by atoms with van der Waals surface area (Å²) < 4.78 is 39.3. The number of aliphatic hydroxyl groups excluding tert-OH is 2. The molecule has 0 rings (SSSR count). The number of ether oxygens (including phenoxy) is 1. The number of hydrogen-bond donors (Lipinski definition) is 2. The van der Waals surface area contributed by atoms with E-state index >= 15 is 0 Å². The molecule has 0 aromatic carbocycles. The zero-order valence-electron chi connectivity index (χ0n) is 28.3. The van der Waals surface area contributed by atoms with Gasteiger partial charge in [-0.3, -0.25) is 8.98 Å². The Morgan fingerprint density at radius 1 is 0.628 bits per heavy atom. The molecule has 0 fully saturated rings. The summed E-state index contributed by atoms with van der Waals surface area (Å²) in [5.74, 6) is -0.276. The molecule has 0 saturated heterocycles. The monoisotopic (exact) mass is 646 g/mol. The number of rotatable bonds is 31. The van der Waals surface area contributed by atoms with Crippen LogP contribution in [0.25, 0.3) is 0 Å². The third-order valence-corrected chi connectivity index (χ3v) is 7.81. The van der Waals surface area contributed by atoms with Crippen LogP contribution in [0.2, 0.25) is 0 Å². The molecule has 0 aromatic rings. The maximum Gasteiger partial charge on any atom is 1.00 e. The molecule has 0 aliphatic heterocycles. The molecule has 2 N–H and O–H groups in total. The van der Waals surface area contributed by atoms with E-state index in [9.17, 15) is 17.8 Å². The molecule has 1 atom stereocenters. The quantitative estimate of drug-likeness (QED) is 0.0330. The van der Waals surface area contributed by atoms with Crippen molar-refractivity contribution >= 4 is 16.4 Å². The first kappa shape index (κ1) is 47.7. The number of esters is 1. The summed E-state index contributed by atoms with van der Waals surface area (Å²) in [6.07, 6.45) is 30.7. The summed E-state index contributed by atoms with van der Waals surface area (Å²) in [6, 6.07) is 0. The Morgan fingerprint density at radius 2 is 0.953 bits per heavy atom. The van der Waals surface area contributed by atoms with Gasteiger partial charge >= 0.3 is 35.5 Å². The molecule has 0 heterocycles. The predicted octanol–water partition coefficient (Wildman–Crippen LogP) is 5.53. The summed E-state index contributed by atoms with van der Waals surface area (Å²) in [7, 11) is -4.48. The van der Waals surface area contributed by atoms with Crippen LogP contribution in [-0.2, 0) is 24.1 Å². The SMILES string of the molecule is CCCCCCCCCCCCCCCCCC(=O)OCC(O)CO.CCCCCCCCCCCCOS(=O)(=O)[O-].[Na+]. The van der Waals surface area contributed by atoms with Gasteiger partial charge in [0.2, 0.25) is 10.4 Å². The molecule has 43 heavy (non-hydrogen) atoms. The molecule has 0 aliphatic carbocycles. The number of aliphatic hydroxyl groups is 2. The summed E-state index contributed by atoms with van der Waals surface area (Å²) in [4.78, 5) is 11.4. The van der Waals surface area contributed by atoms with Gasteiger partial charge in [-0.15, -0.1) is 0 Å². The maximum absolute atomic E-state index is 11.4. The second-order valence-electron chi connectivity index (χ2n) is 11.6. The van der Waals surface area contributed by atoms with E-state index in [-0.39, 0.29) is 55.3 Å². The van der Waals surface area contributed by atoms with E-state index in [0.717, 1.165) is 25.7 Å². The minimum Gasteiger partial charge on any atom is -0.726 e. The second-order valence-corrected chi connectivity index (χ2v) is 12.7. The van der Waals surface area contributed by atoms with Crippen LogP contribution >= 0.6 is 0 Å². The third kappa shape index (κ3) is 46.8. The molecule has 0 radical (unpaired) electrons. The van der Waals surface area contributed by atoms with Crippen molar-refractivity contribution in [3.05, 3.63) is 0 Å². The van der Waals surface area contributed by atoms with Gasteiger partial charge in [-0.25, -0.2) is 8.42 Å². The summed E-state index contributed by atoms with van der Waals surface area (Å²) in [5.41, 5.74) is 0. The second kappa shape index (κ2) is 38.4. The Kier molecular flexibility index (Phi) is 42.6. The minimum atomic E-state index is -4.48. The van der Waals surface area contributed by atoms with E-state index in [1.807, 2.05) is 0 Å². The van der Waals surface area contributed by atoms with Crippen molar-refractivity contribution in [2.75, 3.05) is 19.8 Å². The van der Waals surface area contributed by atoms with E-state index in [0.29, 0.717) is 12.8 Å². The molecule has 8 nitrogen and oxygen atoms in total. The molecule has 0 bridgehead atoms. The number of hydrogen-bond acceptors (Lipinski definition) is 8. The molecule has 0 saturated carbocycles. The number of carbonyl (C=O) groups is 1. The topological polar surface area (TPSA) is 133 Å². The van der Waals surface area contributed by atoms with Gasteiger partial charge in [-0.05, 0) is 12.8 Å². The Balaban J connectivity index is -0.000000779. The normalized spacial score (nSPS) is 11.8. The van der Waals surface area contributed by atoms with Crippen LogP contribution in [0, 0.1) is 0 Å². The van der Waals surface area contributed by atoms with Crippen molar-refractivity contribution < 1.29 is 66.5 Å². The third-order valence-electron chi connectivity index (χ3n) is 7.36. The van der Waals surface area contributed by atoms with E-state index in [4.69, 9.17) is 14.9 Å². The fourth-order valence-electron chi connectivity index (χ4n) is 4.71. The molecule has 0 amide bonds. The van der Waals surface area contributed by atoms with Gasteiger partial charge in [0.25, 0.3) is 0 Å². The summed E-state index contributed by atoms with van der Waals surface area (Å²) in [6.45, 7) is 4.04. The smallest absolute Gasteiger partial charge is 0.726 e. The van der Waals surface area contributed by atoms with Gasteiger partial charge in [-0.2, -0.15) is 0 Å². The number of unbranched alkanes of at least 4 members (excludes halogenated alkanes) is 23. The van der Waals surface area contributed by atoms with E-state index < -0.39 is 16.5 Å². The van der Waals surface area contributed by atoms with Crippen molar-refractivity contribution in [2.24, 2.45) is 0 Å². The van der Waals surface area contributed by atoms with E-state index in [2.05, 4.69) is 18.0 Å². The predicted molar refractivity (Wildman–Crippen MR) is 171 cm³/mol. The molecule has 0 aromatic heterocycles. The van der Waals surface area contributed by atoms with E-state index in [1.54, 1.807) is 0 Å². The molecular weight excluding hydrogens is 579 g/mol. The number of carbonyl (C=O) groups excluding carboxylic acids is 1. The first-order valence-electron chi connectivity index (χ1n) is 17.3. The Bertz CT molecular complexity index is 649. The van der Waals surface area contributed by atoms with Crippen LogP contribution in [-0.4, -0.2) is 55.1 Å². The van der Waals surface area contributed by atoms with Gasteiger partial charge in [0, 0.05) is 6.42 Å². The van der Waals surface area contributed by atoms with E-state index in [1.165, 1.54) is 128 Å². The molecule has 0 aliphatic rings. The fraction of sp³-hybridized carbons (Fsp3) is 0.970. The zero-order chi connectivity index (χ0) is 31.6. The molecule has 1 unspecified atom stereocenters. The molecule has 0 spiro atoms. The van der Waals surface area contributed by atoms with Gasteiger partial charge in [0.05, 0.1) is 13.2 Å². The van der Waals surface area contributed by atoms with Gasteiger partial charge in [0.1, 0.15) is 12.7 Å². The van der Waals surface area contributed by atoms with Crippen molar-refractivity contribution in [3.8, 4) is 0 Å². The first-order valence-corrected chi connectivity index (χ1v) is 18.6. The van der Waals surface area contributed by atoms with Gasteiger partial charge in [-0.1, -0.05) is 162 Å². The average molecular weight is 647 g/mol. The van der Waals surface area contributed by atoms with Gasteiger partial charge in [0.15, 0.2) is 0 Å². The fourth-order valence-corrected chi connectivity index (χ4v) is 5.03. The Hall–Kier alpha value is 0.260. The van der Waals surface area contributed by atoms with Crippen LogP contribution in [0.1, 0.15) is 181 Å². The molecule has 10 heteroatoms. The zero-order valence-corrected chi connectivity index (χ0v) is 31.2. The largest absolute Gasteiger partial charge is 1.00 e. The maximum atomic E-state index is 11.4. The van der Waals surface area contributed by atoms with Crippen molar-refractivity contribution in [1.29, 1.82) is 0 Å².